The molecule has 0 saturated carbocycles. The minimum Gasteiger partial charge on any atom is -0.497 e. The van der Waals surface area contributed by atoms with Gasteiger partial charge < -0.3 is 54.2 Å². The van der Waals surface area contributed by atoms with E-state index in [-0.39, 0.29) is 49.6 Å². The van der Waals surface area contributed by atoms with E-state index >= 15 is 0 Å². The normalized spacial score (nSPS) is 17.2. The summed E-state index contributed by atoms with van der Waals surface area (Å²) in [5.74, 6) is 0.716. The van der Waals surface area contributed by atoms with E-state index in [1.807, 2.05) is 48.8 Å². The van der Waals surface area contributed by atoms with E-state index in [0.29, 0.717) is 70.4 Å². The van der Waals surface area contributed by atoms with Gasteiger partial charge >= 0.3 is 6.09 Å². The number of hydrogen-bond acceptors (Lipinski definition) is 13. The quantitative estimate of drug-likeness (QED) is 0.0608. The van der Waals surface area contributed by atoms with E-state index in [4.69, 9.17) is 38.4 Å². The summed E-state index contributed by atoms with van der Waals surface area (Å²) < 4.78 is 33.9. The van der Waals surface area contributed by atoms with Gasteiger partial charge in [0.2, 0.25) is 11.8 Å². The van der Waals surface area contributed by atoms with Gasteiger partial charge in [-0.3, -0.25) is 29.2 Å². The van der Waals surface area contributed by atoms with Gasteiger partial charge in [0.25, 0.3) is 11.8 Å². The van der Waals surface area contributed by atoms with Crippen molar-refractivity contribution in [1.82, 2.24) is 20.4 Å². The number of hydrogen-bond donors (Lipinski definition) is 3. The summed E-state index contributed by atoms with van der Waals surface area (Å²) in [6, 6.07) is 19.2. The summed E-state index contributed by atoms with van der Waals surface area (Å²) in [5.41, 5.74) is 6.00. The highest BCUT2D eigenvalue weighted by atomic mass is 16.5. The third-order valence-electron chi connectivity index (χ3n) is 12.5. The fourth-order valence-corrected chi connectivity index (χ4v) is 8.60. The van der Waals surface area contributed by atoms with Crippen LogP contribution in [-0.4, -0.2) is 117 Å². The summed E-state index contributed by atoms with van der Waals surface area (Å²) in [5, 5.41) is 8.00. The van der Waals surface area contributed by atoms with E-state index in [2.05, 4.69) is 22.5 Å². The number of amides is 5. The molecule has 0 fully saturated rings. The number of rotatable bonds is 19. The highest BCUT2D eigenvalue weighted by Crippen LogP contribution is 2.42. The molecule has 0 spiro atoms. The zero-order chi connectivity index (χ0) is 51.1. The Labute approximate surface area is 417 Å². The van der Waals surface area contributed by atoms with Gasteiger partial charge in [-0.2, -0.15) is 0 Å². The molecule has 4 aliphatic rings. The Bertz CT molecular complexity index is 2870. The number of anilines is 1. The molecule has 4 aliphatic heterocycles. The van der Waals surface area contributed by atoms with E-state index in [1.54, 1.807) is 86.5 Å². The molecular formula is C54H57N7O11. The predicted molar refractivity (Wildman–Crippen MR) is 272 cm³/mol. The van der Waals surface area contributed by atoms with Gasteiger partial charge in [0.1, 0.15) is 24.4 Å². The molecule has 4 aromatic rings. The van der Waals surface area contributed by atoms with Crippen molar-refractivity contribution in [3.63, 3.8) is 0 Å². The predicted octanol–water partition coefficient (Wildman–Crippen LogP) is 7.88. The van der Waals surface area contributed by atoms with Gasteiger partial charge in [0.05, 0.1) is 69.1 Å². The molecule has 18 nitrogen and oxygen atoms in total. The molecule has 4 aromatic carbocycles. The minimum atomic E-state index is -0.918. The van der Waals surface area contributed by atoms with Crippen molar-refractivity contribution >= 4 is 70.4 Å². The molecule has 72 heavy (non-hydrogen) atoms. The Hall–Kier alpha value is -8.41. The van der Waals surface area contributed by atoms with Crippen LogP contribution < -0.4 is 39.6 Å². The Morgan fingerprint density at radius 2 is 1.21 bits per heavy atom. The van der Waals surface area contributed by atoms with Gasteiger partial charge in [0, 0.05) is 61.9 Å². The van der Waals surface area contributed by atoms with Crippen LogP contribution in [0.5, 0.6) is 28.7 Å². The van der Waals surface area contributed by atoms with Crippen molar-refractivity contribution in [2.45, 2.75) is 64.2 Å². The van der Waals surface area contributed by atoms with Crippen molar-refractivity contribution in [1.29, 1.82) is 0 Å². The van der Waals surface area contributed by atoms with E-state index in [0.717, 1.165) is 28.0 Å². The molecule has 4 heterocycles. The van der Waals surface area contributed by atoms with Gasteiger partial charge in [-0.15, -0.1) is 0 Å². The minimum absolute atomic E-state index is 0.00543. The van der Waals surface area contributed by atoms with Crippen LogP contribution in [0, 0.1) is 5.92 Å². The number of alkyl carbamates (subject to hydrolysis) is 1. The Morgan fingerprint density at radius 1 is 0.694 bits per heavy atom. The third-order valence-corrected chi connectivity index (χ3v) is 12.5. The second-order valence-electron chi connectivity index (χ2n) is 17.7. The lowest BCUT2D eigenvalue weighted by Crippen LogP contribution is -2.53. The van der Waals surface area contributed by atoms with E-state index in [9.17, 15) is 24.0 Å². The zero-order valence-electron chi connectivity index (χ0n) is 40.9. The molecule has 0 aliphatic carbocycles. The van der Waals surface area contributed by atoms with Crippen LogP contribution >= 0.6 is 0 Å². The van der Waals surface area contributed by atoms with E-state index in [1.165, 1.54) is 20.3 Å². The van der Waals surface area contributed by atoms with Crippen molar-refractivity contribution in [3.05, 3.63) is 120 Å². The summed E-state index contributed by atoms with van der Waals surface area (Å²) in [7, 11) is 4.66. The largest absolute Gasteiger partial charge is 0.497 e. The summed E-state index contributed by atoms with van der Waals surface area (Å²) in [6.45, 7) is 9.09. The van der Waals surface area contributed by atoms with Gasteiger partial charge in [-0.25, -0.2) is 4.79 Å². The number of carbonyl (C=O) groups excluding carboxylic acids is 5. The topological polar surface area (TPSA) is 208 Å². The van der Waals surface area contributed by atoms with Crippen LogP contribution in [-0.2, 0) is 14.3 Å². The summed E-state index contributed by atoms with van der Waals surface area (Å²) in [4.78, 5) is 78.8. The molecule has 0 aromatic heterocycles. The average Bonchev–Trinajstić information content (AvgIpc) is 3.97. The molecule has 18 heteroatoms. The molecule has 0 bridgehead atoms. The smallest absolute Gasteiger partial charge is 0.408 e. The number of fused-ring (bicyclic) bond motifs is 4. The van der Waals surface area contributed by atoms with Crippen LogP contribution in [0.4, 0.5) is 21.9 Å². The second-order valence-corrected chi connectivity index (χ2v) is 17.7. The lowest BCUT2D eigenvalue weighted by atomic mass is 10.0. The monoisotopic (exact) mass is 979 g/mol. The summed E-state index contributed by atoms with van der Waals surface area (Å²) >= 11 is 0. The number of carbonyl (C=O) groups is 5. The molecule has 374 valence electrons. The number of nitrogens with zero attached hydrogens (tertiary/aromatic N) is 4. The lowest BCUT2D eigenvalue weighted by Gasteiger charge is -2.23. The van der Waals surface area contributed by atoms with Crippen LogP contribution in [0.25, 0.3) is 11.1 Å². The number of nitrogens with one attached hydrogen (secondary N) is 3. The first-order valence-corrected chi connectivity index (χ1v) is 23.5. The van der Waals surface area contributed by atoms with Gasteiger partial charge in [0.15, 0.2) is 23.0 Å². The number of methoxy groups -OCH3 is 3. The third kappa shape index (κ3) is 11.0. The fourth-order valence-electron chi connectivity index (χ4n) is 8.60. The van der Waals surface area contributed by atoms with Crippen LogP contribution in [0.1, 0.15) is 71.9 Å². The molecule has 8 rings (SSSR count). The molecule has 0 radical (unpaired) electrons. The highest BCUT2D eigenvalue weighted by molar-refractivity contribution is 6.07. The van der Waals surface area contributed by atoms with E-state index < -0.39 is 30.0 Å². The van der Waals surface area contributed by atoms with Crippen LogP contribution in [0.15, 0.2) is 108 Å². The highest BCUT2D eigenvalue weighted by Gasteiger charge is 2.35. The molecule has 5 amide bonds. The Morgan fingerprint density at radius 3 is 1.68 bits per heavy atom. The maximum absolute atomic E-state index is 14.0. The molecule has 1 unspecified atom stereocenters. The number of ether oxygens (including phenoxy) is 6. The Kier molecular flexibility index (Phi) is 15.4. The van der Waals surface area contributed by atoms with Crippen molar-refractivity contribution in [3.8, 4) is 28.7 Å². The molecule has 0 saturated heterocycles. The molecule has 4 atom stereocenters. The zero-order valence-corrected chi connectivity index (χ0v) is 40.9. The second kappa shape index (κ2) is 22.1. The van der Waals surface area contributed by atoms with Crippen molar-refractivity contribution in [2.24, 2.45) is 15.9 Å². The first-order chi connectivity index (χ1) is 34.8. The summed E-state index contributed by atoms with van der Waals surface area (Å²) in [6.07, 6.45) is 9.50. The maximum Gasteiger partial charge on any atom is 0.408 e. The molecular weight excluding hydrogens is 923 g/mol. The van der Waals surface area contributed by atoms with Crippen LogP contribution in [0.2, 0.25) is 0 Å². The first-order valence-electron chi connectivity index (χ1n) is 23.5. The fraction of sp³-hybridized carbons (Fsp3) is 0.315. The molecule has 3 N–H and O–H groups in total. The van der Waals surface area contributed by atoms with Gasteiger partial charge in [-0.05, 0) is 71.5 Å². The van der Waals surface area contributed by atoms with Crippen LogP contribution in [0.3, 0.4) is 0 Å². The van der Waals surface area contributed by atoms with Gasteiger partial charge in [-0.1, -0.05) is 50.8 Å². The average molecular weight is 980 g/mol. The lowest BCUT2D eigenvalue weighted by molar-refractivity contribution is -0.128. The number of benzene rings is 4. The number of aliphatic imine (C=N–C) groups is 2. The first kappa shape index (κ1) is 50.0. The SMILES string of the molecule is C=CCOC(=O)NC(C(=O)N[C@@H](C)C(=O)Nc1ccc(C2=CN3C(=O)c4cc(OC)c(OCCCOc5cc6c(cc5OC)C(=O)N5C=C(c7ccc(OC)cc7)C[C@H]5C=N6)cc4N=C[C@@H]3C2)cc1)C(C)C. The standard InChI is InChI=1S/C54H57N7O11/c1-8-18-72-54(66)59-49(31(2)3)51(63)57-32(4)50(62)58-37-14-10-33(11-15-37)35-21-38-27-55-43-25-47(45(68-6)23-41(43)52(64)60(38)29-35)70-19-9-20-71-48-26-44-42(24-46(48)69-7)53(65)61-30-36(22-39(61)28-56-44)34-12-16-40(67-5)17-13-34/h8,10-17,23-32,38-39,49H,1,9,18-22H2,2-7H3,(H,57,63)(H,58,62)(H,59,66)/t32-,38-,39-,49?/m0/s1. The Balaban J connectivity index is 0.844. The van der Waals surface area contributed by atoms with Crippen molar-refractivity contribution in [2.75, 3.05) is 46.5 Å². The van der Waals surface area contributed by atoms with Crippen molar-refractivity contribution < 1.29 is 52.4 Å². The maximum atomic E-state index is 14.0.